The normalized spacial score (nSPS) is 13.7. The predicted molar refractivity (Wildman–Crippen MR) is 143 cm³/mol. The molecule has 1 aliphatic heterocycles. The van der Waals surface area contributed by atoms with Crippen LogP contribution in [-0.2, 0) is 6.61 Å². The van der Waals surface area contributed by atoms with Crippen molar-refractivity contribution in [2.45, 2.75) is 6.61 Å². The van der Waals surface area contributed by atoms with Crippen molar-refractivity contribution < 1.29 is 15.0 Å². The second kappa shape index (κ2) is 10.3. The molecule has 190 valence electrons. The SMILES string of the molecule is O=C(O)N1CCN(c2ccc(Nc3ncc4c(=O)n(-c5c(Cl)cccc5Cl)ccc4n3)cc2CO)CC1. The van der Waals surface area contributed by atoms with Gasteiger partial charge in [-0.3, -0.25) is 9.36 Å². The molecule has 10 nitrogen and oxygen atoms in total. The van der Waals surface area contributed by atoms with E-state index in [9.17, 15) is 14.7 Å². The number of anilines is 3. The van der Waals surface area contributed by atoms with Crippen molar-refractivity contribution >= 4 is 57.5 Å². The van der Waals surface area contributed by atoms with Crippen molar-refractivity contribution in [3.8, 4) is 5.69 Å². The van der Waals surface area contributed by atoms with Gasteiger partial charge in [0.05, 0.1) is 33.2 Å². The average Bonchev–Trinajstić information content (AvgIpc) is 2.90. The maximum absolute atomic E-state index is 13.1. The fourth-order valence-electron chi connectivity index (χ4n) is 4.35. The lowest BCUT2D eigenvalue weighted by Crippen LogP contribution is -2.48. The van der Waals surface area contributed by atoms with Crippen molar-refractivity contribution in [2.24, 2.45) is 0 Å². The minimum atomic E-state index is -0.927. The molecule has 4 aromatic rings. The molecular formula is C25H22Cl2N6O4. The van der Waals surface area contributed by atoms with Crippen LogP contribution in [0.4, 0.5) is 22.1 Å². The number of piperazine rings is 1. The number of fused-ring (bicyclic) bond motifs is 1. The van der Waals surface area contributed by atoms with Crippen LogP contribution in [0.15, 0.2) is 59.7 Å². The van der Waals surface area contributed by atoms with Crippen molar-refractivity contribution in [3.05, 3.63) is 80.8 Å². The summed E-state index contributed by atoms with van der Waals surface area (Å²) in [6.07, 6.45) is 2.08. The van der Waals surface area contributed by atoms with Gasteiger partial charge in [-0.2, -0.15) is 0 Å². The highest BCUT2D eigenvalue weighted by molar-refractivity contribution is 6.37. The fraction of sp³-hybridized carbons (Fsp3) is 0.200. The highest BCUT2D eigenvalue weighted by atomic mass is 35.5. The van der Waals surface area contributed by atoms with Gasteiger partial charge in [-0.1, -0.05) is 29.3 Å². The number of para-hydroxylation sites is 1. The molecule has 12 heteroatoms. The van der Waals surface area contributed by atoms with E-state index in [1.54, 1.807) is 36.5 Å². The van der Waals surface area contributed by atoms with E-state index >= 15 is 0 Å². The lowest BCUT2D eigenvalue weighted by Gasteiger charge is -2.35. The molecule has 3 N–H and O–H groups in total. The van der Waals surface area contributed by atoms with Gasteiger partial charge in [-0.15, -0.1) is 0 Å². The Morgan fingerprint density at radius 2 is 1.78 bits per heavy atom. The molecule has 0 atom stereocenters. The Morgan fingerprint density at radius 3 is 2.46 bits per heavy atom. The molecule has 0 radical (unpaired) electrons. The third-order valence-corrected chi connectivity index (χ3v) is 6.83. The number of benzene rings is 2. The van der Waals surface area contributed by atoms with Gasteiger partial charge in [0.2, 0.25) is 5.95 Å². The second-order valence-electron chi connectivity index (χ2n) is 8.44. The first-order chi connectivity index (χ1) is 17.9. The number of pyridine rings is 1. The van der Waals surface area contributed by atoms with Crippen LogP contribution in [0.25, 0.3) is 16.6 Å². The van der Waals surface area contributed by atoms with Gasteiger partial charge in [-0.25, -0.2) is 14.8 Å². The van der Waals surface area contributed by atoms with Crippen LogP contribution < -0.4 is 15.8 Å². The van der Waals surface area contributed by atoms with E-state index in [0.29, 0.717) is 64.1 Å². The number of rotatable bonds is 5. The van der Waals surface area contributed by atoms with Gasteiger partial charge in [0.25, 0.3) is 5.56 Å². The average molecular weight is 541 g/mol. The molecule has 1 fully saturated rings. The van der Waals surface area contributed by atoms with Crippen LogP contribution in [0.1, 0.15) is 5.56 Å². The largest absolute Gasteiger partial charge is 0.465 e. The Bertz CT molecular complexity index is 1530. The zero-order valence-electron chi connectivity index (χ0n) is 19.4. The molecule has 2 aromatic carbocycles. The first-order valence-corrected chi connectivity index (χ1v) is 12.2. The Balaban J connectivity index is 1.39. The highest BCUT2D eigenvalue weighted by Gasteiger charge is 2.22. The molecule has 0 unspecified atom stereocenters. The molecule has 0 saturated carbocycles. The lowest BCUT2D eigenvalue weighted by atomic mass is 10.1. The van der Waals surface area contributed by atoms with E-state index in [1.165, 1.54) is 15.7 Å². The minimum absolute atomic E-state index is 0.188. The molecule has 5 rings (SSSR count). The zero-order chi connectivity index (χ0) is 26.1. The van der Waals surface area contributed by atoms with Gasteiger partial charge >= 0.3 is 6.09 Å². The monoisotopic (exact) mass is 540 g/mol. The van der Waals surface area contributed by atoms with Crippen molar-refractivity contribution in [1.82, 2.24) is 19.4 Å². The van der Waals surface area contributed by atoms with Crippen molar-refractivity contribution in [1.29, 1.82) is 0 Å². The van der Waals surface area contributed by atoms with E-state index in [0.717, 1.165) is 5.69 Å². The summed E-state index contributed by atoms with van der Waals surface area (Å²) in [5.41, 5.74) is 2.67. The molecule has 3 heterocycles. The van der Waals surface area contributed by atoms with E-state index in [-0.39, 0.29) is 18.1 Å². The first kappa shape index (κ1) is 24.8. The predicted octanol–water partition coefficient (Wildman–Crippen LogP) is 4.12. The summed E-state index contributed by atoms with van der Waals surface area (Å²) in [5, 5.41) is 23.2. The molecule has 0 spiro atoms. The topological polar surface area (TPSA) is 124 Å². The molecule has 1 aliphatic rings. The molecule has 1 amide bonds. The number of nitrogens with zero attached hydrogens (tertiary/aromatic N) is 5. The number of aromatic nitrogens is 3. The zero-order valence-corrected chi connectivity index (χ0v) is 20.9. The third kappa shape index (κ3) is 4.91. The lowest BCUT2D eigenvalue weighted by molar-refractivity contribution is 0.142. The number of nitrogens with one attached hydrogen (secondary N) is 1. The van der Waals surface area contributed by atoms with Crippen LogP contribution in [-0.4, -0.2) is 61.9 Å². The molecule has 0 bridgehead atoms. The van der Waals surface area contributed by atoms with Crippen molar-refractivity contribution in [3.63, 3.8) is 0 Å². The van der Waals surface area contributed by atoms with Gasteiger partial charge in [0.1, 0.15) is 0 Å². The quantitative estimate of drug-likeness (QED) is 0.345. The number of carboxylic acid groups (broad SMARTS) is 1. The number of halogens is 2. The Hall–Kier alpha value is -3.86. The number of carbonyl (C=O) groups is 1. The Kier molecular flexibility index (Phi) is 6.88. The Labute approximate surface area is 221 Å². The highest BCUT2D eigenvalue weighted by Crippen LogP contribution is 2.29. The molecule has 2 aromatic heterocycles. The summed E-state index contributed by atoms with van der Waals surface area (Å²) in [4.78, 5) is 36.5. The maximum atomic E-state index is 13.1. The van der Waals surface area contributed by atoms with Gasteiger partial charge in [-0.05, 0) is 36.4 Å². The summed E-state index contributed by atoms with van der Waals surface area (Å²) < 4.78 is 1.37. The smallest absolute Gasteiger partial charge is 0.407 e. The van der Waals surface area contributed by atoms with E-state index < -0.39 is 6.09 Å². The van der Waals surface area contributed by atoms with Gasteiger partial charge in [0.15, 0.2) is 0 Å². The molecule has 0 aliphatic carbocycles. The number of aliphatic hydroxyl groups is 1. The van der Waals surface area contributed by atoms with E-state index in [2.05, 4.69) is 20.2 Å². The molecule has 37 heavy (non-hydrogen) atoms. The Morgan fingerprint density at radius 1 is 1.05 bits per heavy atom. The summed E-state index contributed by atoms with van der Waals surface area (Å²) >= 11 is 12.6. The number of hydrogen-bond donors (Lipinski definition) is 3. The van der Waals surface area contributed by atoms with Crippen LogP contribution in [0.2, 0.25) is 10.0 Å². The first-order valence-electron chi connectivity index (χ1n) is 11.4. The van der Waals surface area contributed by atoms with Crippen LogP contribution >= 0.6 is 23.2 Å². The fourth-order valence-corrected chi connectivity index (χ4v) is 4.93. The summed E-state index contributed by atoms with van der Waals surface area (Å²) in [5.74, 6) is 0.284. The van der Waals surface area contributed by atoms with Crippen LogP contribution in [0.5, 0.6) is 0 Å². The number of aliphatic hydroxyl groups excluding tert-OH is 1. The minimum Gasteiger partial charge on any atom is -0.465 e. The van der Waals surface area contributed by atoms with Crippen LogP contribution in [0.3, 0.4) is 0 Å². The third-order valence-electron chi connectivity index (χ3n) is 6.22. The summed E-state index contributed by atoms with van der Waals surface area (Å²) in [6, 6.07) is 12.2. The van der Waals surface area contributed by atoms with Crippen molar-refractivity contribution in [2.75, 3.05) is 36.4 Å². The standard InChI is InChI=1S/C25H22Cl2N6O4/c26-18-2-1-3-19(27)22(18)33-7-6-20-17(23(33)35)13-28-24(30-20)29-16-4-5-21(15(12-16)14-34)31-8-10-32(11-9-31)25(36)37/h1-7,12-13,34H,8-11,14H2,(H,36,37)(H,28,29,30). The van der Waals surface area contributed by atoms with Gasteiger partial charge < -0.3 is 25.3 Å². The molecular weight excluding hydrogens is 519 g/mol. The van der Waals surface area contributed by atoms with E-state index in [1.807, 2.05) is 12.1 Å². The second-order valence-corrected chi connectivity index (χ2v) is 9.25. The summed E-state index contributed by atoms with van der Waals surface area (Å²) in [6.45, 7) is 1.69. The number of hydrogen-bond acceptors (Lipinski definition) is 7. The maximum Gasteiger partial charge on any atom is 0.407 e. The summed E-state index contributed by atoms with van der Waals surface area (Å²) in [7, 11) is 0. The van der Waals surface area contributed by atoms with Gasteiger partial charge in [0, 0.05) is 55.5 Å². The van der Waals surface area contributed by atoms with E-state index in [4.69, 9.17) is 28.3 Å². The van der Waals surface area contributed by atoms with Crippen LogP contribution in [0, 0.1) is 0 Å². The molecule has 1 saturated heterocycles. The number of amides is 1.